The number of hydroxylamine groups is 1. The molecule has 3 heteroatoms. The van der Waals surface area contributed by atoms with E-state index >= 15 is 0 Å². The third-order valence-electron chi connectivity index (χ3n) is 0.672. The molecule has 0 bridgehead atoms. The molecule has 0 heterocycles. The van der Waals surface area contributed by atoms with Crippen LogP contribution in [-0.4, -0.2) is 13.7 Å². The summed E-state index contributed by atoms with van der Waals surface area (Å²) in [5, 5.41) is 0. The van der Waals surface area contributed by atoms with Crippen molar-refractivity contribution in [2.45, 2.75) is 13.3 Å². The van der Waals surface area contributed by atoms with Crippen LogP contribution in [-0.2, 0) is 9.57 Å². The third-order valence-corrected chi connectivity index (χ3v) is 0.672. The van der Waals surface area contributed by atoms with Gasteiger partial charge in [-0.1, -0.05) is 6.92 Å². The van der Waals surface area contributed by atoms with Crippen molar-refractivity contribution in [3.05, 3.63) is 12.5 Å². The summed E-state index contributed by atoms with van der Waals surface area (Å²) in [5.41, 5.74) is 2.50. The van der Waals surface area contributed by atoms with Gasteiger partial charge in [-0.2, -0.15) is 0 Å². The molecule has 0 atom stereocenters. The molecule has 9 heavy (non-hydrogen) atoms. The molecule has 0 aliphatic heterocycles. The maximum absolute atomic E-state index is 4.96. The Morgan fingerprint density at radius 1 is 1.56 bits per heavy atom. The molecule has 0 aliphatic carbocycles. The molecule has 0 amide bonds. The van der Waals surface area contributed by atoms with E-state index in [2.05, 4.69) is 17.2 Å². The van der Waals surface area contributed by atoms with E-state index in [0.717, 1.165) is 13.0 Å². The lowest BCUT2D eigenvalue weighted by atomic mass is 10.5. The fraction of sp³-hybridized carbons (Fsp3) is 0.667. The maximum atomic E-state index is 4.96. The van der Waals surface area contributed by atoms with Crippen molar-refractivity contribution in [2.24, 2.45) is 0 Å². The summed E-state index contributed by atoms with van der Waals surface area (Å²) in [7, 11) is 1.55. The number of ether oxygens (including phenoxy) is 1. The van der Waals surface area contributed by atoms with Crippen LogP contribution < -0.4 is 5.48 Å². The average molecular weight is 131 g/mol. The molecule has 0 saturated heterocycles. The molecule has 0 spiro atoms. The van der Waals surface area contributed by atoms with Gasteiger partial charge in [-0.15, -0.1) is 0 Å². The first kappa shape index (κ1) is 8.30. The van der Waals surface area contributed by atoms with E-state index in [1.165, 1.54) is 0 Å². The maximum Gasteiger partial charge on any atom is 0.101 e. The number of hydrogen-bond donors (Lipinski definition) is 1. The SMILES string of the molecule is CCCO/C=C/NOC. The Labute approximate surface area is 55.6 Å². The summed E-state index contributed by atoms with van der Waals surface area (Å²) in [6.07, 6.45) is 4.18. The molecular formula is C6H13NO2. The Bertz CT molecular complexity index is 73.5. The Balaban J connectivity index is 2.86. The monoisotopic (exact) mass is 131 g/mol. The van der Waals surface area contributed by atoms with E-state index < -0.39 is 0 Å². The van der Waals surface area contributed by atoms with Crippen molar-refractivity contribution in [3.8, 4) is 0 Å². The Hall–Kier alpha value is -0.700. The van der Waals surface area contributed by atoms with Crippen LogP contribution in [0.4, 0.5) is 0 Å². The molecule has 3 nitrogen and oxygen atoms in total. The Morgan fingerprint density at radius 2 is 2.33 bits per heavy atom. The van der Waals surface area contributed by atoms with E-state index in [0.29, 0.717) is 0 Å². The van der Waals surface area contributed by atoms with Crippen molar-refractivity contribution in [2.75, 3.05) is 13.7 Å². The summed E-state index contributed by atoms with van der Waals surface area (Å²) in [6.45, 7) is 2.81. The molecule has 0 radical (unpaired) electrons. The van der Waals surface area contributed by atoms with Crippen LogP contribution in [0.15, 0.2) is 12.5 Å². The zero-order chi connectivity index (χ0) is 6.95. The molecule has 0 rings (SSSR count). The van der Waals surface area contributed by atoms with Gasteiger partial charge in [0.1, 0.15) is 6.26 Å². The van der Waals surface area contributed by atoms with Crippen molar-refractivity contribution in [1.29, 1.82) is 0 Å². The van der Waals surface area contributed by atoms with Crippen LogP contribution in [0.25, 0.3) is 0 Å². The highest BCUT2D eigenvalue weighted by atomic mass is 16.6. The molecule has 0 aliphatic rings. The van der Waals surface area contributed by atoms with Gasteiger partial charge in [-0.05, 0) is 6.42 Å². The van der Waals surface area contributed by atoms with Crippen LogP contribution in [0.3, 0.4) is 0 Å². The first-order valence-corrected chi connectivity index (χ1v) is 2.97. The summed E-state index contributed by atoms with van der Waals surface area (Å²) < 4.78 is 4.96. The van der Waals surface area contributed by atoms with Crippen LogP contribution in [0, 0.1) is 0 Å². The quantitative estimate of drug-likeness (QED) is 0.343. The minimum Gasteiger partial charge on any atom is -0.500 e. The van der Waals surface area contributed by atoms with E-state index in [1.54, 1.807) is 19.6 Å². The second kappa shape index (κ2) is 7.30. The van der Waals surface area contributed by atoms with E-state index in [9.17, 15) is 0 Å². The largest absolute Gasteiger partial charge is 0.500 e. The van der Waals surface area contributed by atoms with Gasteiger partial charge < -0.3 is 4.74 Å². The standard InChI is InChI=1S/C6H13NO2/c1-3-5-9-6-4-7-8-2/h4,6-7H,3,5H2,1-2H3/b6-4+. The van der Waals surface area contributed by atoms with Crippen LogP contribution in [0.5, 0.6) is 0 Å². The Kier molecular flexibility index (Phi) is 6.73. The van der Waals surface area contributed by atoms with Gasteiger partial charge in [0.15, 0.2) is 0 Å². The van der Waals surface area contributed by atoms with E-state index in [4.69, 9.17) is 4.74 Å². The van der Waals surface area contributed by atoms with Gasteiger partial charge in [0.25, 0.3) is 0 Å². The molecule has 0 aromatic rings. The van der Waals surface area contributed by atoms with Crippen molar-refractivity contribution < 1.29 is 9.57 Å². The molecule has 54 valence electrons. The van der Waals surface area contributed by atoms with Gasteiger partial charge >= 0.3 is 0 Å². The topological polar surface area (TPSA) is 30.5 Å². The minimum atomic E-state index is 0.752. The summed E-state index contributed by atoms with van der Waals surface area (Å²) in [6, 6.07) is 0. The van der Waals surface area contributed by atoms with Gasteiger partial charge in [0.05, 0.1) is 19.9 Å². The van der Waals surface area contributed by atoms with Gasteiger partial charge in [0.2, 0.25) is 0 Å². The van der Waals surface area contributed by atoms with Crippen LogP contribution in [0.1, 0.15) is 13.3 Å². The van der Waals surface area contributed by atoms with Gasteiger partial charge in [-0.25, -0.2) is 0 Å². The first-order valence-electron chi connectivity index (χ1n) is 2.97. The van der Waals surface area contributed by atoms with Crippen molar-refractivity contribution in [1.82, 2.24) is 5.48 Å². The van der Waals surface area contributed by atoms with Crippen molar-refractivity contribution >= 4 is 0 Å². The van der Waals surface area contributed by atoms with E-state index in [-0.39, 0.29) is 0 Å². The highest BCUT2D eigenvalue weighted by Gasteiger charge is 1.73. The third kappa shape index (κ3) is 7.30. The van der Waals surface area contributed by atoms with Gasteiger partial charge in [0, 0.05) is 0 Å². The lowest BCUT2D eigenvalue weighted by molar-refractivity contribution is 0.123. The molecule has 0 unspecified atom stereocenters. The predicted octanol–water partition coefficient (Wildman–Crippen LogP) is 1.04. The fourth-order valence-corrected chi connectivity index (χ4v) is 0.330. The first-order chi connectivity index (χ1) is 4.41. The van der Waals surface area contributed by atoms with E-state index in [1.807, 2.05) is 0 Å². The van der Waals surface area contributed by atoms with Gasteiger partial charge in [-0.3, -0.25) is 10.3 Å². The minimum absolute atomic E-state index is 0.752. The second-order valence-corrected chi connectivity index (χ2v) is 1.50. The summed E-state index contributed by atoms with van der Waals surface area (Å²) in [4.78, 5) is 4.51. The molecule has 0 aromatic carbocycles. The van der Waals surface area contributed by atoms with Crippen LogP contribution in [0.2, 0.25) is 0 Å². The number of nitrogens with one attached hydrogen (secondary N) is 1. The smallest absolute Gasteiger partial charge is 0.101 e. The number of rotatable bonds is 5. The molecule has 0 saturated carbocycles. The molecule has 1 N–H and O–H groups in total. The zero-order valence-corrected chi connectivity index (χ0v) is 5.89. The molecular weight excluding hydrogens is 118 g/mol. The lowest BCUT2D eigenvalue weighted by Crippen LogP contribution is -2.00. The predicted molar refractivity (Wildman–Crippen MR) is 35.5 cm³/mol. The normalized spacial score (nSPS) is 10.0. The highest BCUT2D eigenvalue weighted by Crippen LogP contribution is 1.79. The number of hydrogen-bond acceptors (Lipinski definition) is 3. The molecule has 0 aromatic heterocycles. The summed E-state index contributed by atoms with van der Waals surface area (Å²) in [5.74, 6) is 0. The Morgan fingerprint density at radius 3 is 2.89 bits per heavy atom. The van der Waals surface area contributed by atoms with Crippen molar-refractivity contribution in [3.63, 3.8) is 0 Å². The highest BCUT2D eigenvalue weighted by molar-refractivity contribution is 4.64. The second-order valence-electron chi connectivity index (χ2n) is 1.50. The van der Waals surface area contributed by atoms with Crippen LogP contribution >= 0.6 is 0 Å². The lowest BCUT2D eigenvalue weighted by Gasteiger charge is -1.95. The average Bonchev–Trinajstić information content (AvgIpc) is 1.89. The zero-order valence-electron chi connectivity index (χ0n) is 5.89. The molecule has 0 fully saturated rings. The fourth-order valence-electron chi connectivity index (χ4n) is 0.330. The summed E-state index contributed by atoms with van der Waals surface area (Å²) >= 11 is 0.